The molecular formula is C10H11ClO2. The summed E-state index contributed by atoms with van der Waals surface area (Å²) < 4.78 is 0. The maximum absolute atomic E-state index is 10.3. The van der Waals surface area contributed by atoms with E-state index < -0.39 is 0 Å². The summed E-state index contributed by atoms with van der Waals surface area (Å²) in [5.74, 6) is 0.0923. The highest BCUT2D eigenvalue weighted by atomic mass is 35.5. The third kappa shape index (κ3) is 2.22. The van der Waals surface area contributed by atoms with Crippen molar-refractivity contribution in [3.05, 3.63) is 28.8 Å². The molecule has 0 aromatic heterocycles. The molecule has 0 aliphatic rings. The quantitative estimate of drug-likeness (QED) is 0.759. The van der Waals surface area contributed by atoms with Gasteiger partial charge in [0.2, 0.25) is 0 Å². The average Bonchev–Trinajstić information content (AvgIpc) is 2.10. The molecule has 1 aromatic rings. The predicted octanol–water partition coefficient (Wildman–Crippen LogP) is 2.74. The number of halogens is 1. The summed E-state index contributed by atoms with van der Waals surface area (Å²) in [6.07, 6.45) is 1.24. The summed E-state index contributed by atoms with van der Waals surface area (Å²) in [6, 6.07) is 5.15. The van der Waals surface area contributed by atoms with Crippen molar-refractivity contribution in [2.45, 2.75) is 19.3 Å². The van der Waals surface area contributed by atoms with Crippen molar-refractivity contribution in [2.24, 2.45) is 0 Å². The third-order valence-electron chi connectivity index (χ3n) is 2.00. The number of carbonyl (C=O) groups is 1. The lowest BCUT2D eigenvalue weighted by molar-refractivity contribution is -0.108. The molecule has 1 atom stereocenters. The smallest absolute Gasteiger partial charge is 0.137 e. The summed E-state index contributed by atoms with van der Waals surface area (Å²) in [7, 11) is 0. The fraction of sp³-hybridized carbons (Fsp3) is 0.300. The van der Waals surface area contributed by atoms with Gasteiger partial charge in [-0.3, -0.25) is 0 Å². The van der Waals surface area contributed by atoms with Gasteiger partial charge in [-0.25, -0.2) is 0 Å². The third-order valence-corrected chi connectivity index (χ3v) is 2.30. The van der Waals surface area contributed by atoms with Crippen LogP contribution in [0.2, 0.25) is 5.02 Å². The molecule has 0 aliphatic carbocycles. The van der Waals surface area contributed by atoms with Crippen molar-refractivity contribution in [3.8, 4) is 5.75 Å². The maximum Gasteiger partial charge on any atom is 0.137 e. The predicted molar refractivity (Wildman–Crippen MR) is 52.2 cm³/mol. The minimum absolute atomic E-state index is 0.0104. The van der Waals surface area contributed by atoms with Crippen LogP contribution in [0, 0.1) is 0 Å². The molecule has 1 N–H and O–H groups in total. The van der Waals surface area contributed by atoms with E-state index >= 15 is 0 Å². The van der Waals surface area contributed by atoms with E-state index in [0.29, 0.717) is 11.4 Å². The number of hydrogen-bond donors (Lipinski definition) is 1. The number of benzene rings is 1. The molecule has 0 bridgehead atoms. The average molecular weight is 199 g/mol. The molecule has 0 heterocycles. The van der Waals surface area contributed by atoms with Crippen molar-refractivity contribution < 1.29 is 9.90 Å². The van der Waals surface area contributed by atoms with Gasteiger partial charge in [-0.2, -0.15) is 0 Å². The summed E-state index contributed by atoms with van der Waals surface area (Å²) in [6.45, 7) is 1.87. The van der Waals surface area contributed by atoms with Crippen LogP contribution in [-0.4, -0.2) is 11.4 Å². The molecule has 2 nitrogen and oxygen atoms in total. The summed E-state index contributed by atoms with van der Waals surface area (Å²) in [5, 5.41) is 9.88. The Morgan fingerprint density at radius 2 is 2.31 bits per heavy atom. The van der Waals surface area contributed by atoms with E-state index in [1.165, 1.54) is 0 Å². The first kappa shape index (κ1) is 10.1. The second kappa shape index (κ2) is 4.28. The van der Waals surface area contributed by atoms with Crippen molar-refractivity contribution in [3.63, 3.8) is 0 Å². The molecule has 0 radical (unpaired) electrons. The summed E-state index contributed by atoms with van der Waals surface area (Å²) >= 11 is 5.72. The largest absolute Gasteiger partial charge is 0.506 e. The van der Waals surface area contributed by atoms with Gasteiger partial charge in [0.25, 0.3) is 0 Å². The van der Waals surface area contributed by atoms with Gasteiger partial charge < -0.3 is 9.90 Å². The zero-order valence-corrected chi connectivity index (χ0v) is 8.08. The van der Waals surface area contributed by atoms with Crippen molar-refractivity contribution in [1.29, 1.82) is 0 Å². The van der Waals surface area contributed by atoms with Crippen molar-refractivity contribution >= 4 is 17.9 Å². The molecule has 70 valence electrons. The van der Waals surface area contributed by atoms with Gasteiger partial charge in [0.05, 0.1) is 5.02 Å². The molecule has 0 fully saturated rings. The van der Waals surface area contributed by atoms with E-state index in [1.807, 2.05) is 6.92 Å². The lowest BCUT2D eigenvalue weighted by Crippen LogP contribution is -1.94. The molecule has 0 amide bonds. The van der Waals surface area contributed by atoms with Gasteiger partial charge in [-0.15, -0.1) is 0 Å². The molecule has 1 unspecified atom stereocenters. The Morgan fingerprint density at radius 3 is 2.92 bits per heavy atom. The van der Waals surface area contributed by atoms with Crippen LogP contribution in [0.1, 0.15) is 24.8 Å². The molecule has 0 saturated carbocycles. The van der Waals surface area contributed by atoms with Crippen LogP contribution in [0.25, 0.3) is 0 Å². The van der Waals surface area contributed by atoms with Crippen LogP contribution >= 0.6 is 11.6 Å². The van der Waals surface area contributed by atoms with E-state index in [1.54, 1.807) is 18.2 Å². The van der Waals surface area contributed by atoms with Gasteiger partial charge in [0.1, 0.15) is 12.0 Å². The molecule has 0 aliphatic heterocycles. The Kier molecular flexibility index (Phi) is 3.32. The Bertz CT molecular complexity index is 310. The molecular weight excluding hydrogens is 188 g/mol. The monoisotopic (exact) mass is 198 g/mol. The Hall–Kier alpha value is -1.02. The van der Waals surface area contributed by atoms with E-state index in [-0.39, 0.29) is 11.7 Å². The van der Waals surface area contributed by atoms with Crippen LogP contribution < -0.4 is 0 Å². The van der Waals surface area contributed by atoms with E-state index in [0.717, 1.165) is 11.8 Å². The van der Waals surface area contributed by atoms with Gasteiger partial charge in [-0.05, 0) is 17.5 Å². The number of hydrogen-bond acceptors (Lipinski definition) is 2. The molecule has 1 rings (SSSR count). The van der Waals surface area contributed by atoms with Crippen LogP contribution in [0.4, 0.5) is 0 Å². The molecule has 1 aromatic carbocycles. The number of phenols is 1. The summed E-state index contributed by atoms with van der Waals surface area (Å²) in [4.78, 5) is 10.3. The molecule has 13 heavy (non-hydrogen) atoms. The lowest BCUT2D eigenvalue weighted by Gasteiger charge is -2.10. The summed E-state index contributed by atoms with van der Waals surface area (Å²) in [5.41, 5.74) is 0.722. The Balaban J connectivity index is 3.00. The Labute approximate surface area is 82.2 Å². The van der Waals surface area contributed by atoms with Crippen LogP contribution in [0.3, 0.4) is 0 Å². The lowest BCUT2D eigenvalue weighted by atomic mass is 9.98. The van der Waals surface area contributed by atoms with E-state index in [9.17, 15) is 9.90 Å². The minimum Gasteiger partial charge on any atom is -0.506 e. The zero-order valence-electron chi connectivity index (χ0n) is 7.33. The van der Waals surface area contributed by atoms with E-state index in [2.05, 4.69) is 0 Å². The van der Waals surface area contributed by atoms with Gasteiger partial charge in [0.15, 0.2) is 0 Å². The highest BCUT2D eigenvalue weighted by molar-refractivity contribution is 6.32. The first-order valence-electron chi connectivity index (χ1n) is 4.07. The van der Waals surface area contributed by atoms with Crippen LogP contribution in [-0.2, 0) is 4.79 Å². The van der Waals surface area contributed by atoms with Gasteiger partial charge in [-0.1, -0.05) is 30.7 Å². The van der Waals surface area contributed by atoms with Crippen molar-refractivity contribution in [1.82, 2.24) is 0 Å². The highest BCUT2D eigenvalue weighted by Gasteiger charge is 2.11. The number of carbonyl (C=O) groups excluding carboxylic acids is 1. The highest BCUT2D eigenvalue weighted by Crippen LogP contribution is 2.33. The van der Waals surface area contributed by atoms with Crippen LogP contribution in [0.5, 0.6) is 5.75 Å². The van der Waals surface area contributed by atoms with Gasteiger partial charge >= 0.3 is 0 Å². The standard InChI is InChI=1S/C10H11ClO2/c1-7(5-6-12)8-3-2-4-9(11)10(8)13/h2-4,6-7,13H,5H2,1H3. The van der Waals surface area contributed by atoms with Gasteiger partial charge in [0, 0.05) is 6.42 Å². The molecule has 0 spiro atoms. The minimum atomic E-state index is 0.0104. The SMILES string of the molecule is CC(CC=O)c1cccc(Cl)c1O. The zero-order chi connectivity index (χ0) is 9.84. The molecule has 0 saturated heterocycles. The number of aromatic hydroxyl groups is 1. The second-order valence-electron chi connectivity index (χ2n) is 2.98. The van der Waals surface area contributed by atoms with E-state index in [4.69, 9.17) is 11.6 Å². The normalized spacial score (nSPS) is 12.5. The fourth-order valence-corrected chi connectivity index (χ4v) is 1.38. The second-order valence-corrected chi connectivity index (χ2v) is 3.39. The topological polar surface area (TPSA) is 37.3 Å². The number of rotatable bonds is 3. The number of para-hydroxylation sites is 1. The first-order valence-corrected chi connectivity index (χ1v) is 4.45. The Morgan fingerprint density at radius 1 is 1.62 bits per heavy atom. The van der Waals surface area contributed by atoms with Crippen molar-refractivity contribution in [2.75, 3.05) is 0 Å². The first-order chi connectivity index (χ1) is 6.16. The number of aldehydes is 1. The van der Waals surface area contributed by atoms with Crippen LogP contribution in [0.15, 0.2) is 18.2 Å². The number of phenolic OH excluding ortho intramolecular Hbond substituents is 1. The maximum atomic E-state index is 10.3. The fourth-order valence-electron chi connectivity index (χ4n) is 1.20. The molecule has 3 heteroatoms.